The van der Waals surface area contributed by atoms with Gasteiger partial charge in [0, 0.05) is 24.5 Å². The first-order valence-corrected chi connectivity index (χ1v) is 11.4. The van der Waals surface area contributed by atoms with Crippen molar-refractivity contribution in [3.05, 3.63) is 17.0 Å². The summed E-state index contributed by atoms with van der Waals surface area (Å²) in [6.07, 6.45) is 5.38. The van der Waals surface area contributed by atoms with Crippen LogP contribution in [0.4, 0.5) is 0 Å². The maximum absolute atomic E-state index is 12.6. The van der Waals surface area contributed by atoms with Crippen LogP contribution in [0.25, 0.3) is 0 Å². The van der Waals surface area contributed by atoms with Crippen LogP contribution in [0.3, 0.4) is 0 Å². The van der Waals surface area contributed by atoms with Gasteiger partial charge in [-0.15, -0.1) is 11.3 Å². The second kappa shape index (κ2) is 8.62. The molecule has 1 amide bonds. The zero-order valence-electron chi connectivity index (χ0n) is 14.5. The molecule has 1 aromatic rings. The number of thiophene rings is 1. The van der Waals surface area contributed by atoms with Crippen molar-refractivity contribution in [1.29, 1.82) is 0 Å². The highest BCUT2D eigenvalue weighted by molar-refractivity contribution is 7.91. The second-order valence-corrected chi connectivity index (χ2v) is 10.2. The van der Waals surface area contributed by atoms with Gasteiger partial charge >= 0.3 is 0 Å². The van der Waals surface area contributed by atoms with Crippen molar-refractivity contribution >= 4 is 27.3 Å². The number of piperidine rings is 1. The summed E-state index contributed by atoms with van der Waals surface area (Å²) >= 11 is 1.22. The van der Waals surface area contributed by atoms with Crippen LogP contribution in [0.5, 0.6) is 0 Å². The normalized spacial score (nSPS) is 22.2. The molecule has 25 heavy (non-hydrogen) atoms. The molecule has 1 aromatic heterocycles. The Kier molecular flexibility index (Phi) is 6.49. The number of sulfonamides is 1. The third-order valence-corrected chi connectivity index (χ3v) is 8.37. The molecular weight excluding hydrogens is 358 g/mol. The largest absolute Gasteiger partial charge is 0.356 e. The van der Waals surface area contributed by atoms with Crippen LogP contribution < -0.4 is 10.6 Å². The monoisotopic (exact) mass is 385 g/mol. The minimum atomic E-state index is -3.39. The van der Waals surface area contributed by atoms with Crippen molar-refractivity contribution < 1.29 is 13.2 Å². The van der Waals surface area contributed by atoms with E-state index in [0.29, 0.717) is 29.8 Å². The first-order valence-electron chi connectivity index (χ1n) is 9.12. The summed E-state index contributed by atoms with van der Waals surface area (Å²) in [7, 11) is -3.39. The molecule has 2 fully saturated rings. The SMILES string of the molecule is O=C(Cc1ccc(S(=O)(=O)N2CCCCC2)s1)NCCC1CCNC1. The number of hydrogen-bond donors (Lipinski definition) is 2. The van der Waals surface area contributed by atoms with E-state index in [1.54, 1.807) is 16.4 Å². The molecule has 3 rings (SSSR count). The summed E-state index contributed by atoms with van der Waals surface area (Å²) in [5, 5.41) is 6.27. The number of carbonyl (C=O) groups is 1. The van der Waals surface area contributed by atoms with Gasteiger partial charge in [0.25, 0.3) is 10.0 Å². The van der Waals surface area contributed by atoms with Crippen LogP contribution in [0.2, 0.25) is 0 Å². The molecule has 2 aliphatic rings. The predicted molar refractivity (Wildman–Crippen MR) is 99.2 cm³/mol. The van der Waals surface area contributed by atoms with Crippen LogP contribution in [0, 0.1) is 5.92 Å². The van der Waals surface area contributed by atoms with E-state index in [1.165, 1.54) is 17.8 Å². The quantitative estimate of drug-likeness (QED) is 0.747. The van der Waals surface area contributed by atoms with Crippen molar-refractivity contribution in [3.8, 4) is 0 Å². The number of amides is 1. The molecule has 2 aliphatic heterocycles. The fraction of sp³-hybridized carbons (Fsp3) is 0.706. The highest BCUT2D eigenvalue weighted by atomic mass is 32.2. The van der Waals surface area contributed by atoms with E-state index in [1.807, 2.05) is 0 Å². The van der Waals surface area contributed by atoms with Crippen molar-refractivity contribution in [2.75, 3.05) is 32.7 Å². The molecule has 0 radical (unpaired) electrons. The smallest absolute Gasteiger partial charge is 0.252 e. The van der Waals surface area contributed by atoms with Crippen LogP contribution in [-0.4, -0.2) is 51.4 Å². The Bertz CT molecular complexity index is 675. The van der Waals surface area contributed by atoms with Crippen LogP contribution in [0.1, 0.15) is 37.0 Å². The minimum absolute atomic E-state index is 0.0327. The molecule has 0 spiro atoms. The lowest BCUT2D eigenvalue weighted by Crippen LogP contribution is -2.35. The molecule has 1 unspecified atom stereocenters. The zero-order valence-corrected chi connectivity index (χ0v) is 16.1. The highest BCUT2D eigenvalue weighted by Gasteiger charge is 2.27. The molecule has 0 bridgehead atoms. The molecule has 2 N–H and O–H groups in total. The molecule has 0 aromatic carbocycles. The Morgan fingerprint density at radius 2 is 2.08 bits per heavy atom. The molecule has 140 valence electrons. The van der Waals surface area contributed by atoms with E-state index in [2.05, 4.69) is 10.6 Å². The number of rotatable bonds is 7. The first kappa shape index (κ1) is 18.8. The van der Waals surface area contributed by atoms with Gasteiger partial charge in [-0.1, -0.05) is 6.42 Å². The van der Waals surface area contributed by atoms with Gasteiger partial charge in [0.2, 0.25) is 5.91 Å². The summed E-state index contributed by atoms with van der Waals surface area (Å²) in [6.45, 7) is 4.01. The van der Waals surface area contributed by atoms with Gasteiger partial charge in [-0.3, -0.25) is 4.79 Å². The van der Waals surface area contributed by atoms with E-state index in [9.17, 15) is 13.2 Å². The number of hydrogen-bond acceptors (Lipinski definition) is 5. The van der Waals surface area contributed by atoms with Crippen LogP contribution >= 0.6 is 11.3 Å². The summed E-state index contributed by atoms with van der Waals surface area (Å²) < 4.78 is 27.2. The Balaban J connectivity index is 1.49. The third kappa shape index (κ3) is 5.03. The lowest BCUT2D eigenvalue weighted by molar-refractivity contribution is -0.120. The van der Waals surface area contributed by atoms with Gasteiger partial charge in [-0.25, -0.2) is 8.42 Å². The lowest BCUT2D eigenvalue weighted by atomic mass is 10.1. The maximum atomic E-state index is 12.6. The Morgan fingerprint density at radius 3 is 2.80 bits per heavy atom. The number of carbonyl (C=O) groups excluding carboxylic acids is 1. The van der Waals surface area contributed by atoms with Gasteiger partial charge in [0.1, 0.15) is 4.21 Å². The van der Waals surface area contributed by atoms with Gasteiger partial charge < -0.3 is 10.6 Å². The second-order valence-electron chi connectivity index (χ2n) is 6.86. The average molecular weight is 386 g/mol. The van der Waals surface area contributed by atoms with Crippen LogP contribution in [0.15, 0.2) is 16.3 Å². The average Bonchev–Trinajstić information content (AvgIpc) is 3.28. The van der Waals surface area contributed by atoms with E-state index in [-0.39, 0.29) is 12.3 Å². The molecule has 0 saturated carbocycles. The van der Waals surface area contributed by atoms with Gasteiger partial charge in [0.15, 0.2) is 0 Å². The first-order chi connectivity index (χ1) is 12.1. The van der Waals surface area contributed by atoms with E-state index in [4.69, 9.17) is 0 Å². The van der Waals surface area contributed by atoms with Gasteiger partial charge in [-0.2, -0.15) is 4.31 Å². The molecular formula is C17H27N3O3S2. The summed E-state index contributed by atoms with van der Waals surface area (Å²) in [5.74, 6) is 0.623. The maximum Gasteiger partial charge on any atom is 0.252 e. The van der Waals surface area contributed by atoms with Gasteiger partial charge in [0.05, 0.1) is 6.42 Å². The Labute approximate surface area is 154 Å². The van der Waals surface area contributed by atoms with Crippen LogP contribution in [-0.2, 0) is 21.2 Å². The Morgan fingerprint density at radius 1 is 1.28 bits per heavy atom. The summed E-state index contributed by atoms with van der Waals surface area (Å²) in [6, 6.07) is 3.41. The highest BCUT2D eigenvalue weighted by Crippen LogP contribution is 2.27. The number of nitrogens with one attached hydrogen (secondary N) is 2. The Hall–Kier alpha value is -0.960. The predicted octanol–water partition coefficient (Wildman–Crippen LogP) is 1.58. The lowest BCUT2D eigenvalue weighted by Gasteiger charge is -2.25. The molecule has 0 aliphatic carbocycles. The fourth-order valence-corrected chi connectivity index (χ4v) is 6.45. The fourth-order valence-electron chi connectivity index (χ4n) is 3.42. The van der Waals surface area contributed by atoms with E-state index in [0.717, 1.165) is 43.6 Å². The number of nitrogens with zero attached hydrogens (tertiary/aromatic N) is 1. The van der Waals surface area contributed by atoms with E-state index >= 15 is 0 Å². The van der Waals surface area contributed by atoms with Crippen molar-refractivity contribution in [3.63, 3.8) is 0 Å². The zero-order chi connectivity index (χ0) is 17.7. The van der Waals surface area contributed by atoms with Crippen molar-refractivity contribution in [2.45, 2.75) is 42.7 Å². The molecule has 6 nitrogen and oxygen atoms in total. The minimum Gasteiger partial charge on any atom is -0.356 e. The topological polar surface area (TPSA) is 78.5 Å². The molecule has 1 atom stereocenters. The third-order valence-electron chi connectivity index (χ3n) is 4.92. The molecule has 8 heteroatoms. The molecule has 2 saturated heterocycles. The standard InChI is InChI=1S/C17H27N3O3S2/c21-16(19-9-7-14-6-8-18-13-14)12-15-4-5-17(24-15)25(22,23)20-10-2-1-3-11-20/h4-5,14,18H,1-3,6-13H2,(H,19,21). The van der Waals surface area contributed by atoms with E-state index < -0.39 is 10.0 Å². The summed E-state index contributed by atoms with van der Waals surface area (Å²) in [5.41, 5.74) is 0. The van der Waals surface area contributed by atoms with Crippen molar-refractivity contribution in [2.24, 2.45) is 5.92 Å². The van der Waals surface area contributed by atoms with Crippen molar-refractivity contribution in [1.82, 2.24) is 14.9 Å². The van der Waals surface area contributed by atoms with Gasteiger partial charge in [-0.05, 0) is 56.8 Å². The summed E-state index contributed by atoms with van der Waals surface area (Å²) in [4.78, 5) is 12.9. The molecule has 3 heterocycles.